The summed E-state index contributed by atoms with van der Waals surface area (Å²) in [6, 6.07) is 22.7. The minimum absolute atomic E-state index is 0.0397. The molecule has 1 unspecified atom stereocenters. The highest BCUT2D eigenvalue weighted by atomic mass is 32.2. The van der Waals surface area contributed by atoms with Crippen molar-refractivity contribution < 1.29 is 4.79 Å². The Bertz CT molecular complexity index is 981. The first-order chi connectivity index (χ1) is 14.7. The molecule has 1 aliphatic rings. The molecular formula is C24H26N4OS. The zero-order valence-corrected chi connectivity index (χ0v) is 17.9. The molecule has 1 amide bonds. The van der Waals surface area contributed by atoms with Gasteiger partial charge in [0.05, 0.1) is 11.4 Å². The fourth-order valence-electron chi connectivity index (χ4n) is 3.70. The highest BCUT2D eigenvalue weighted by Gasteiger charge is 2.23. The molecule has 154 valence electrons. The Hall–Kier alpha value is -2.70. The zero-order chi connectivity index (χ0) is 20.8. The Morgan fingerprint density at radius 3 is 2.60 bits per heavy atom. The maximum Gasteiger partial charge on any atom is 0.230 e. The van der Waals surface area contributed by atoms with Crippen LogP contribution in [0.4, 0.5) is 0 Å². The van der Waals surface area contributed by atoms with Crippen LogP contribution >= 0.6 is 11.8 Å². The fraction of sp³-hybridized carbons (Fsp3) is 0.292. The normalized spacial score (nSPS) is 16.5. The Kier molecular flexibility index (Phi) is 6.77. The quantitative estimate of drug-likeness (QED) is 0.465. The van der Waals surface area contributed by atoms with Gasteiger partial charge in [0.1, 0.15) is 0 Å². The van der Waals surface area contributed by atoms with Crippen molar-refractivity contribution in [1.29, 1.82) is 0 Å². The predicted octanol–water partition coefficient (Wildman–Crippen LogP) is 3.93. The van der Waals surface area contributed by atoms with Gasteiger partial charge in [-0.25, -0.2) is 9.97 Å². The van der Waals surface area contributed by atoms with Gasteiger partial charge < -0.3 is 5.32 Å². The third-order valence-corrected chi connectivity index (χ3v) is 5.97. The first kappa shape index (κ1) is 20.6. The van der Waals surface area contributed by atoms with Gasteiger partial charge in [-0.1, -0.05) is 72.4 Å². The monoisotopic (exact) mass is 418 g/mol. The molecular weight excluding hydrogens is 392 g/mol. The van der Waals surface area contributed by atoms with E-state index in [9.17, 15) is 4.79 Å². The topological polar surface area (TPSA) is 58.1 Å². The average Bonchev–Trinajstić information content (AvgIpc) is 3.20. The van der Waals surface area contributed by atoms with Crippen LogP contribution in [0.2, 0.25) is 0 Å². The average molecular weight is 419 g/mol. The van der Waals surface area contributed by atoms with Crippen molar-refractivity contribution in [3.63, 3.8) is 0 Å². The van der Waals surface area contributed by atoms with Crippen LogP contribution < -0.4 is 5.32 Å². The predicted molar refractivity (Wildman–Crippen MR) is 121 cm³/mol. The lowest BCUT2D eigenvalue weighted by atomic mass is 10.1. The van der Waals surface area contributed by atoms with Crippen molar-refractivity contribution in [3.8, 4) is 11.3 Å². The summed E-state index contributed by atoms with van der Waals surface area (Å²) in [6.07, 6.45) is 0.988. The van der Waals surface area contributed by atoms with Gasteiger partial charge in [-0.05, 0) is 25.0 Å². The number of aryl methyl sites for hydroxylation is 1. The number of benzene rings is 2. The van der Waals surface area contributed by atoms with Gasteiger partial charge in [-0.15, -0.1) is 0 Å². The summed E-state index contributed by atoms with van der Waals surface area (Å²) in [7, 11) is 0. The van der Waals surface area contributed by atoms with E-state index in [1.54, 1.807) is 0 Å². The molecule has 1 N–H and O–H groups in total. The van der Waals surface area contributed by atoms with Crippen LogP contribution in [-0.4, -0.2) is 45.7 Å². The van der Waals surface area contributed by atoms with E-state index in [1.165, 1.54) is 17.3 Å². The highest BCUT2D eigenvalue weighted by molar-refractivity contribution is 7.99. The molecule has 4 rings (SSSR count). The summed E-state index contributed by atoms with van der Waals surface area (Å²) in [4.78, 5) is 24.0. The summed E-state index contributed by atoms with van der Waals surface area (Å²) in [5.41, 5.74) is 4.15. The maximum atomic E-state index is 12.5. The van der Waals surface area contributed by atoms with E-state index in [-0.39, 0.29) is 11.9 Å². The molecule has 1 fully saturated rings. The molecule has 0 aliphatic carbocycles. The fourth-order valence-corrected chi connectivity index (χ4v) is 4.41. The van der Waals surface area contributed by atoms with Gasteiger partial charge in [0.15, 0.2) is 5.16 Å². The Morgan fingerprint density at radius 1 is 1.10 bits per heavy atom. The third-order valence-electron chi connectivity index (χ3n) is 5.12. The molecule has 2 aromatic carbocycles. The molecule has 1 atom stereocenters. The van der Waals surface area contributed by atoms with E-state index >= 15 is 0 Å². The second kappa shape index (κ2) is 9.87. The smallest absolute Gasteiger partial charge is 0.230 e. The molecule has 30 heavy (non-hydrogen) atoms. The summed E-state index contributed by atoms with van der Waals surface area (Å²) >= 11 is 1.39. The van der Waals surface area contributed by atoms with Crippen molar-refractivity contribution >= 4 is 17.7 Å². The van der Waals surface area contributed by atoms with Crippen molar-refractivity contribution in [1.82, 2.24) is 20.2 Å². The summed E-state index contributed by atoms with van der Waals surface area (Å²) < 4.78 is 0. The lowest BCUT2D eigenvalue weighted by Gasteiger charge is -2.16. The molecule has 3 aromatic rings. The van der Waals surface area contributed by atoms with Crippen LogP contribution in [-0.2, 0) is 11.3 Å². The van der Waals surface area contributed by atoms with Crippen LogP contribution in [0, 0.1) is 6.92 Å². The van der Waals surface area contributed by atoms with Gasteiger partial charge in [-0.2, -0.15) is 0 Å². The lowest BCUT2D eigenvalue weighted by molar-refractivity contribution is -0.119. The summed E-state index contributed by atoms with van der Waals surface area (Å²) in [6.45, 7) is 4.79. The van der Waals surface area contributed by atoms with Gasteiger partial charge in [-0.3, -0.25) is 9.69 Å². The SMILES string of the molecule is Cc1cc(-c2ccccc2)nc(SCC(=O)NC2CCN(Cc3ccccc3)C2)n1. The Labute approximate surface area is 181 Å². The number of nitrogens with zero attached hydrogens (tertiary/aromatic N) is 3. The lowest BCUT2D eigenvalue weighted by Crippen LogP contribution is -2.38. The number of carbonyl (C=O) groups excluding carboxylic acids is 1. The molecule has 1 aliphatic heterocycles. The number of aromatic nitrogens is 2. The molecule has 0 spiro atoms. The maximum absolute atomic E-state index is 12.5. The van der Waals surface area contributed by atoms with Gasteiger partial charge in [0, 0.05) is 36.9 Å². The molecule has 2 heterocycles. The van der Waals surface area contributed by atoms with E-state index in [0.717, 1.165) is 43.0 Å². The zero-order valence-electron chi connectivity index (χ0n) is 17.1. The van der Waals surface area contributed by atoms with Crippen LogP contribution in [0.15, 0.2) is 71.9 Å². The number of amides is 1. The summed E-state index contributed by atoms with van der Waals surface area (Å²) in [5.74, 6) is 0.366. The van der Waals surface area contributed by atoms with Crippen LogP contribution in [0.25, 0.3) is 11.3 Å². The number of likely N-dealkylation sites (tertiary alicyclic amines) is 1. The standard InChI is InChI=1S/C24H26N4OS/c1-18-14-22(20-10-6-3-7-11-20)27-24(25-18)30-17-23(29)26-21-12-13-28(16-21)15-19-8-4-2-5-9-19/h2-11,14,21H,12-13,15-17H2,1H3,(H,26,29). The van der Waals surface area contributed by atoms with Crippen molar-refractivity contribution in [2.75, 3.05) is 18.8 Å². The molecule has 0 radical (unpaired) electrons. The van der Waals surface area contributed by atoms with E-state index < -0.39 is 0 Å². The largest absolute Gasteiger partial charge is 0.351 e. The van der Waals surface area contributed by atoms with Gasteiger partial charge in [0.2, 0.25) is 5.91 Å². The molecule has 1 aromatic heterocycles. The van der Waals surface area contributed by atoms with Crippen molar-refractivity contribution in [3.05, 3.63) is 78.0 Å². The van der Waals surface area contributed by atoms with E-state index in [0.29, 0.717) is 10.9 Å². The van der Waals surface area contributed by atoms with Gasteiger partial charge >= 0.3 is 0 Å². The minimum atomic E-state index is 0.0397. The molecule has 5 nitrogen and oxygen atoms in total. The van der Waals surface area contributed by atoms with Gasteiger partial charge in [0.25, 0.3) is 0 Å². The Balaban J connectivity index is 1.28. The molecule has 1 saturated heterocycles. The van der Waals surface area contributed by atoms with E-state index in [2.05, 4.69) is 44.5 Å². The highest BCUT2D eigenvalue weighted by Crippen LogP contribution is 2.21. The second-order valence-electron chi connectivity index (χ2n) is 7.61. The first-order valence-corrected chi connectivity index (χ1v) is 11.2. The van der Waals surface area contributed by atoms with E-state index in [4.69, 9.17) is 0 Å². The number of carbonyl (C=O) groups is 1. The van der Waals surface area contributed by atoms with E-state index in [1.807, 2.05) is 49.4 Å². The number of rotatable bonds is 7. The summed E-state index contributed by atoms with van der Waals surface area (Å²) in [5, 5.41) is 3.81. The molecule has 6 heteroatoms. The molecule has 0 bridgehead atoms. The van der Waals surface area contributed by atoms with Crippen LogP contribution in [0.1, 0.15) is 17.7 Å². The number of nitrogens with one attached hydrogen (secondary N) is 1. The van der Waals surface area contributed by atoms with Crippen molar-refractivity contribution in [2.45, 2.75) is 31.1 Å². The third kappa shape index (κ3) is 5.68. The number of hydrogen-bond acceptors (Lipinski definition) is 5. The number of hydrogen-bond donors (Lipinski definition) is 1. The number of thioether (sulfide) groups is 1. The minimum Gasteiger partial charge on any atom is -0.351 e. The van der Waals surface area contributed by atoms with Crippen LogP contribution in [0.3, 0.4) is 0 Å². The second-order valence-corrected chi connectivity index (χ2v) is 8.55. The molecule has 0 saturated carbocycles. The van der Waals surface area contributed by atoms with Crippen LogP contribution in [0.5, 0.6) is 0 Å². The van der Waals surface area contributed by atoms with Crippen molar-refractivity contribution in [2.24, 2.45) is 0 Å². The Morgan fingerprint density at radius 2 is 1.83 bits per heavy atom. The first-order valence-electron chi connectivity index (χ1n) is 10.3.